The number of nitrogen functional groups attached to an aromatic ring is 1. The number of hydrogen-bond acceptors (Lipinski definition) is 2. The molecular weight excluding hydrogens is 260 g/mol. The summed E-state index contributed by atoms with van der Waals surface area (Å²) in [7, 11) is 1.71. The maximum absolute atomic E-state index is 12.5. The first-order valence-electron chi connectivity index (χ1n) is 5.89. The van der Waals surface area contributed by atoms with Crippen LogP contribution in [-0.2, 0) is 0 Å². The highest BCUT2D eigenvalue weighted by atomic mass is 35.5. The maximum atomic E-state index is 12.5. The van der Waals surface area contributed by atoms with Gasteiger partial charge < -0.3 is 10.6 Å². The zero-order valence-corrected chi connectivity index (χ0v) is 11.6. The van der Waals surface area contributed by atoms with Crippen molar-refractivity contribution in [3.05, 3.63) is 58.6 Å². The molecule has 4 heteroatoms. The number of nitrogens with two attached hydrogens (primary N) is 1. The Bertz CT molecular complexity index is 625. The van der Waals surface area contributed by atoms with Gasteiger partial charge in [0.1, 0.15) is 0 Å². The molecule has 0 aliphatic heterocycles. The van der Waals surface area contributed by atoms with E-state index in [2.05, 4.69) is 0 Å². The van der Waals surface area contributed by atoms with Crippen LogP contribution in [0.1, 0.15) is 15.9 Å². The third kappa shape index (κ3) is 2.71. The molecule has 2 aromatic carbocycles. The zero-order valence-electron chi connectivity index (χ0n) is 10.9. The summed E-state index contributed by atoms with van der Waals surface area (Å²) in [5.74, 6) is -0.105. The largest absolute Gasteiger partial charge is 0.397 e. The van der Waals surface area contributed by atoms with Crippen molar-refractivity contribution >= 4 is 28.9 Å². The van der Waals surface area contributed by atoms with Crippen molar-refractivity contribution in [3.63, 3.8) is 0 Å². The van der Waals surface area contributed by atoms with Crippen molar-refractivity contribution in [2.75, 3.05) is 17.7 Å². The number of rotatable bonds is 2. The van der Waals surface area contributed by atoms with Gasteiger partial charge in [-0.05, 0) is 42.8 Å². The van der Waals surface area contributed by atoms with E-state index >= 15 is 0 Å². The predicted molar refractivity (Wildman–Crippen MR) is 79.8 cm³/mol. The second kappa shape index (κ2) is 5.33. The summed E-state index contributed by atoms with van der Waals surface area (Å²) in [5, 5.41) is 0.621. The molecule has 0 spiro atoms. The fourth-order valence-electron chi connectivity index (χ4n) is 1.95. The highest BCUT2D eigenvalue weighted by molar-refractivity contribution is 6.30. The average molecular weight is 275 g/mol. The van der Waals surface area contributed by atoms with Crippen molar-refractivity contribution in [2.24, 2.45) is 0 Å². The monoisotopic (exact) mass is 274 g/mol. The first kappa shape index (κ1) is 13.4. The lowest BCUT2D eigenvalue weighted by molar-refractivity contribution is 0.0992. The number of aryl methyl sites for hydroxylation is 1. The van der Waals surface area contributed by atoms with Gasteiger partial charge in [0, 0.05) is 17.6 Å². The molecule has 0 aromatic heterocycles. The molecular formula is C15H15ClN2O. The van der Waals surface area contributed by atoms with Crippen LogP contribution < -0.4 is 10.6 Å². The molecule has 0 atom stereocenters. The Kier molecular flexibility index (Phi) is 3.76. The van der Waals surface area contributed by atoms with E-state index in [0.717, 1.165) is 5.56 Å². The molecule has 0 unspecified atom stereocenters. The molecule has 19 heavy (non-hydrogen) atoms. The maximum Gasteiger partial charge on any atom is 0.258 e. The normalized spacial score (nSPS) is 10.3. The van der Waals surface area contributed by atoms with Gasteiger partial charge in [0.2, 0.25) is 0 Å². The highest BCUT2D eigenvalue weighted by Gasteiger charge is 2.17. The number of carbonyl (C=O) groups excluding carboxylic acids is 1. The van der Waals surface area contributed by atoms with Gasteiger partial charge in [-0.3, -0.25) is 4.79 Å². The summed E-state index contributed by atoms with van der Waals surface area (Å²) in [6, 6.07) is 12.5. The molecule has 0 bridgehead atoms. The lowest BCUT2D eigenvalue weighted by Gasteiger charge is -2.20. The van der Waals surface area contributed by atoms with Crippen LogP contribution in [0.2, 0.25) is 5.02 Å². The molecule has 0 heterocycles. The SMILES string of the molecule is Cc1cc(Cl)ccc1C(=O)N(C)c1ccccc1N. The third-order valence-corrected chi connectivity index (χ3v) is 3.26. The van der Waals surface area contributed by atoms with Crippen LogP contribution in [0.5, 0.6) is 0 Å². The minimum Gasteiger partial charge on any atom is -0.397 e. The number of carbonyl (C=O) groups is 1. The summed E-state index contributed by atoms with van der Waals surface area (Å²) in [5.41, 5.74) is 8.62. The molecule has 98 valence electrons. The average Bonchev–Trinajstić information content (AvgIpc) is 2.38. The van der Waals surface area contributed by atoms with Gasteiger partial charge >= 0.3 is 0 Å². The topological polar surface area (TPSA) is 46.3 Å². The number of hydrogen-bond donors (Lipinski definition) is 1. The summed E-state index contributed by atoms with van der Waals surface area (Å²) in [6.45, 7) is 1.86. The van der Waals surface area contributed by atoms with Crippen LogP contribution in [0.15, 0.2) is 42.5 Å². The lowest BCUT2D eigenvalue weighted by Crippen LogP contribution is -2.27. The van der Waals surface area contributed by atoms with Crippen LogP contribution in [0.3, 0.4) is 0 Å². The molecule has 3 nitrogen and oxygen atoms in total. The van der Waals surface area contributed by atoms with Gasteiger partial charge in [0.15, 0.2) is 0 Å². The van der Waals surface area contributed by atoms with E-state index in [-0.39, 0.29) is 5.91 Å². The second-order valence-electron chi connectivity index (χ2n) is 4.38. The Morgan fingerprint density at radius 2 is 1.89 bits per heavy atom. The Morgan fingerprint density at radius 1 is 1.21 bits per heavy atom. The molecule has 1 amide bonds. The van der Waals surface area contributed by atoms with Crippen LogP contribution >= 0.6 is 11.6 Å². The standard InChI is InChI=1S/C15H15ClN2O/c1-10-9-11(16)7-8-12(10)15(19)18(2)14-6-4-3-5-13(14)17/h3-9H,17H2,1-2H3. The molecule has 0 fully saturated rings. The number of amides is 1. The Labute approximate surface area is 117 Å². The van der Waals surface area contributed by atoms with Crippen molar-refractivity contribution < 1.29 is 4.79 Å². The first-order valence-corrected chi connectivity index (χ1v) is 6.27. The first-order chi connectivity index (χ1) is 9.00. The van der Waals surface area contributed by atoms with E-state index in [1.165, 1.54) is 0 Å². The Morgan fingerprint density at radius 3 is 2.53 bits per heavy atom. The van der Waals surface area contributed by atoms with Crippen molar-refractivity contribution in [1.82, 2.24) is 0 Å². The molecule has 0 saturated carbocycles. The number of benzene rings is 2. The van der Waals surface area contributed by atoms with E-state index in [4.69, 9.17) is 17.3 Å². The van der Waals surface area contributed by atoms with Crippen LogP contribution in [0, 0.1) is 6.92 Å². The van der Waals surface area contributed by atoms with Gasteiger partial charge in [-0.1, -0.05) is 23.7 Å². The molecule has 0 aliphatic carbocycles. The van der Waals surface area contributed by atoms with Crippen LogP contribution in [0.25, 0.3) is 0 Å². The minimum atomic E-state index is -0.105. The van der Waals surface area contributed by atoms with Gasteiger partial charge in [0.05, 0.1) is 11.4 Å². The Hall–Kier alpha value is -2.00. The molecule has 2 aromatic rings. The van der Waals surface area contributed by atoms with Gasteiger partial charge in [0.25, 0.3) is 5.91 Å². The molecule has 0 saturated heterocycles. The van der Waals surface area contributed by atoms with E-state index < -0.39 is 0 Å². The number of halogens is 1. The highest BCUT2D eigenvalue weighted by Crippen LogP contribution is 2.24. The van der Waals surface area contributed by atoms with Gasteiger partial charge in [-0.25, -0.2) is 0 Å². The van der Waals surface area contributed by atoms with Gasteiger partial charge in [-0.2, -0.15) is 0 Å². The summed E-state index contributed by atoms with van der Waals surface area (Å²) < 4.78 is 0. The Balaban J connectivity index is 2.37. The van der Waals surface area contributed by atoms with E-state index in [0.29, 0.717) is 22.0 Å². The smallest absolute Gasteiger partial charge is 0.258 e. The summed E-state index contributed by atoms with van der Waals surface area (Å²) in [6.07, 6.45) is 0. The van der Waals surface area contributed by atoms with Crippen LogP contribution in [0.4, 0.5) is 11.4 Å². The van der Waals surface area contributed by atoms with Gasteiger partial charge in [-0.15, -0.1) is 0 Å². The number of anilines is 2. The number of nitrogens with zero attached hydrogens (tertiary/aromatic N) is 1. The quantitative estimate of drug-likeness (QED) is 0.852. The molecule has 2 N–H and O–H groups in total. The van der Waals surface area contributed by atoms with Crippen molar-refractivity contribution in [3.8, 4) is 0 Å². The zero-order chi connectivity index (χ0) is 14.0. The summed E-state index contributed by atoms with van der Waals surface area (Å²) in [4.78, 5) is 14.0. The predicted octanol–water partition coefficient (Wildman–Crippen LogP) is 3.51. The second-order valence-corrected chi connectivity index (χ2v) is 4.82. The minimum absolute atomic E-state index is 0.105. The van der Waals surface area contributed by atoms with Crippen molar-refractivity contribution in [2.45, 2.75) is 6.92 Å². The fraction of sp³-hybridized carbons (Fsp3) is 0.133. The van der Waals surface area contributed by atoms with Crippen molar-refractivity contribution in [1.29, 1.82) is 0 Å². The van der Waals surface area contributed by atoms with E-state index in [9.17, 15) is 4.79 Å². The van der Waals surface area contributed by atoms with Crippen LogP contribution in [-0.4, -0.2) is 13.0 Å². The number of para-hydroxylation sites is 2. The van der Waals surface area contributed by atoms with E-state index in [1.54, 1.807) is 36.2 Å². The van der Waals surface area contributed by atoms with E-state index in [1.807, 2.05) is 25.1 Å². The third-order valence-electron chi connectivity index (χ3n) is 3.02. The lowest BCUT2D eigenvalue weighted by atomic mass is 10.1. The summed E-state index contributed by atoms with van der Waals surface area (Å²) >= 11 is 5.90. The molecule has 0 aliphatic rings. The molecule has 2 rings (SSSR count). The molecule has 0 radical (unpaired) electrons. The fourth-order valence-corrected chi connectivity index (χ4v) is 2.18.